The second-order valence-electron chi connectivity index (χ2n) is 8.08. The van der Waals surface area contributed by atoms with E-state index >= 15 is 0 Å². The number of aryl methyl sites for hydroxylation is 1. The Kier molecular flexibility index (Phi) is 6.25. The first-order chi connectivity index (χ1) is 15.1. The normalized spacial score (nSPS) is 13.2. The number of H-pyrrole nitrogens is 1. The molecule has 0 bridgehead atoms. The van der Waals surface area contributed by atoms with E-state index in [0.29, 0.717) is 25.3 Å². The zero-order valence-electron chi connectivity index (χ0n) is 17.9. The molecule has 0 saturated heterocycles. The zero-order chi connectivity index (χ0) is 21.8. The lowest BCUT2D eigenvalue weighted by atomic mass is 9.96. The van der Waals surface area contributed by atoms with Gasteiger partial charge in [0.2, 0.25) is 0 Å². The molecule has 3 aromatic rings. The fourth-order valence-electron chi connectivity index (χ4n) is 4.19. The third kappa shape index (κ3) is 4.42. The number of anilines is 2. The van der Waals surface area contributed by atoms with Crippen LogP contribution >= 0.6 is 0 Å². The van der Waals surface area contributed by atoms with E-state index in [9.17, 15) is 9.59 Å². The Morgan fingerprint density at radius 1 is 1.16 bits per heavy atom. The van der Waals surface area contributed by atoms with Crippen molar-refractivity contribution in [1.82, 2.24) is 14.7 Å². The first-order valence-electron chi connectivity index (χ1n) is 11.0. The highest BCUT2D eigenvalue weighted by Gasteiger charge is 2.24. The van der Waals surface area contributed by atoms with E-state index in [0.717, 1.165) is 61.1 Å². The Bertz CT molecular complexity index is 1150. The first kappa shape index (κ1) is 21.0. The second kappa shape index (κ2) is 9.24. The number of unbranched alkanes of at least 4 members (excludes halogenated alkanes) is 1. The van der Waals surface area contributed by atoms with E-state index in [-0.39, 0.29) is 5.82 Å². The number of aromatic amines is 1. The number of fused-ring (bicyclic) bond motifs is 1. The fraction of sp³-hybridized carbons (Fsp3) is 0.435. The van der Waals surface area contributed by atoms with Crippen LogP contribution < -0.4 is 21.9 Å². The smallest absolute Gasteiger partial charge is 0.330 e. The molecule has 8 heteroatoms. The van der Waals surface area contributed by atoms with Gasteiger partial charge in [0.1, 0.15) is 23.0 Å². The summed E-state index contributed by atoms with van der Waals surface area (Å²) in [5, 5.41) is 4.32. The summed E-state index contributed by atoms with van der Waals surface area (Å²) >= 11 is 0. The molecule has 164 valence electrons. The number of nitrogens with two attached hydrogens (primary N) is 1. The third-order valence-corrected chi connectivity index (χ3v) is 5.85. The molecule has 0 spiro atoms. The molecule has 0 aliphatic heterocycles. The first-order valence-corrected chi connectivity index (χ1v) is 11.0. The lowest BCUT2D eigenvalue weighted by molar-refractivity contribution is 0.367. The van der Waals surface area contributed by atoms with Gasteiger partial charge in [-0.2, -0.15) is 0 Å². The Labute approximate surface area is 180 Å². The minimum absolute atomic E-state index is 0.190. The van der Waals surface area contributed by atoms with Crippen molar-refractivity contribution in [2.75, 3.05) is 10.6 Å². The van der Waals surface area contributed by atoms with Crippen LogP contribution in [0.4, 0.5) is 11.5 Å². The van der Waals surface area contributed by atoms with E-state index in [1.54, 1.807) is 0 Å². The summed E-state index contributed by atoms with van der Waals surface area (Å²) in [6.07, 6.45) is 5.74. The number of hydrogen-bond donors (Lipinski definition) is 2. The largest absolute Gasteiger partial charge is 0.383 e. The number of nitrogens with zero attached hydrogens (tertiary/aromatic N) is 3. The Balaban J connectivity index is 1.77. The van der Waals surface area contributed by atoms with Crippen molar-refractivity contribution in [3.05, 3.63) is 73.8 Å². The van der Waals surface area contributed by atoms with Crippen LogP contribution in [-0.2, 0) is 32.5 Å². The van der Waals surface area contributed by atoms with Crippen molar-refractivity contribution < 1.29 is 4.52 Å². The number of aromatic nitrogens is 3. The summed E-state index contributed by atoms with van der Waals surface area (Å²) < 4.78 is 7.04. The zero-order valence-corrected chi connectivity index (χ0v) is 17.9. The number of hydrogen-bond acceptors (Lipinski definition) is 6. The maximum Gasteiger partial charge on any atom is 0.330 e. The molecule has 2 heterocycles. The van der Waals surface area contributed by atoms with Gasteiger partial charge in [-0.05, 0) is 31.2 Å². The third-order valence-electron chi connectivity index (χ3n) is 5.85. The lowest BCUT2D eigenvalue weighted by Gasteiger charge is -2.26. The molecule has 0 unspecified atom stereocenters. The average Bonchev–Trinajstić information content (AvgIpc) is 3.17. The van der Waals surface area contributed by atoms with Gasteiger partial charge < -0.3 is 15.2 Å². The number of rotatable bonds is 8. The van der Waals surface area contributed by atoms with Gasteiger partial charge in [-0.1, -0.05) is 48.8 Å². The molecule has 3 N–H and O–H groups in total. The summed E-state index contributed by atoms with van der Waals surface area (Å²) in [5.41, 5.74) is 8.75. The number of benzene rings is 1. The minimum atomic E-state index is -0.483. The van der Waals surface area contributed by atoms with Gasteiger partial charge >= 0.3 is 5.69 Å². The van der Waals surface area contributed by atoms with Crippen molar-refractivity contribution >= 4 is 11.5 Å². The van der Waals surface area contributed by atoms with Crippen molar-refractivity contribution in [3.63, 3.8) is 0 Å². The molecule has 1 aliphatic carbocycles. The molecule has 0 fully saturated rings. The highest BCUT2D eigenvalue weighted by atomic mass is 16.5. The minimum Gasteiger partial charge on any atom is -0.383 e. The maximum atomic E-state index is 12.9. The monoisotopic (exact) mass is 423 g/mol. The van der Waals surface area contributed by atoms with Crippen molar-refractivity contribution in [3.8, 4) is 0 Å². The van der Waals surface area contributed by atoms with Gasteiger partial charge in [0, 0.05) is 25.1 Å². The highest BCUT2D eigenvalue weighted by molar-refractivity contribution is 5.62. The van der Waals surface area contributed by atoms with Crippen LogP contribution in [0.15, 0.2) is 44.4 Å². The highest BCUT2D eigenvalue weighted by Crippen LogP contribution is 2.28. The summed E-state index contributed by atoms with van der Waals surface area (Å²) in [6.45, 7) is 3.35. The SMILES string of the molecule is CCCCn1c(N)c(N(Cc2ccccc2)Cc2noc3c2CCCC3)c(=O)[nH]c1=O. The molecule has 0 atom stereocenters. The molecule has 8 nitrogen and oxygen atoms in total. The van der Waals surface area contributed by atoms with Gasteiger partial charge in [0.15, 0.2) is 0 Å². The summed E-state index contributed by atoms with van der Waals surface area (Å²) in [6, 6.07) is 9.88. The van der Waals surface area contributed by atoms with E-state index in [2.05, 4.69) is 10.1 Å². The molecule has 0 radical (unpaired) electrons. The van der Waals surface area contributed by atoms with E-state index in [1.807, 2.05) is 42.2 Å². The maximum absolute atomic E-state index is 12.9. The molecule has 0 saturated carbocycles. The quantitative estimate of drug-likeness (QED) is 0.576. The van der Waals surface area contributed by atoms with E-state index in [4.69, 9.17) is 10.3 Å². The molecular weight excluding hydrogens is 394 g/mol. The standard InChI is InChI=1S/C23H29N5O3/c1-2-3-13-28-21(24)20(22(29)25-23(28)30)27(14-16-9-5-4-6-10-16)15-18-17-11-7-8-12-19(17)31-26-18/h4-6,9-10H,2-3,7-8,11-15,24H2,1H3,(H,25,29,30). The van der Waals surface area contributed by atoms with Crippen LogP contribution in [0.3, 0.4) is 0 Å². The fourth-order valence-corrected chi connectivity index (χ4v) is 4.19. The van der Waals surface area contributed by atoms with Crippen molar-refractivity contribution in [1.29, 1.82) is 0 Å². The van der Waals surface area contributed by atoms with E-state index in [1.165, 1.54) is 4.57 Å². The van der Waals surface area contributed by atoms with Crippen molar-refractivity contribution in [2.24, 2.45) is 0 Å². The van der Waals surface area contributed by atoms with Crippen LogP contribution in [0.5, 0.6) is 0 Å². The van der Waals surface area contributed by atoms with Gasteiger partial charge in [-0.15, -0.1) is 0 Å². The number of nitrogens with one attached hydrogen (secondary N) is 1. The predicted molar refractivity (Wildman–Crippen MR) is 120 cm³/mol. The Morgan fingerprint density at radius 3 is 2.71 bits per heavy atom. The molecule has 0 amide bonds. The Morgan fingerprint density at radius 2 is 1.94 bits per heavy atom. The molecule has 31 heavy (non-hydrogen) atoms. The second-order valence-corrected chi connectivity index (χ2v) is 8.08. The lowest BCUT2D eigenvalue weighted by Crippen LogP contribution is -2.38. The topological polar surface area (TPSA) is 110 Å². The van der Waals surface area contributed by atoms with Crippen LogP contribution in [0.25, 0.3) is 0 Å². The van der Waals surface area contributed by atoms with Crippen LogP contribution in [0.1, 0.15) is 55.2 Å². The van der Waals surface area contributed by atoms with Gasteiger partial charge in [0.05, 0.1) is 6.54 Å². The van der Waals surface area contributed by atoms with Gasteiger partial charge in [-0.3, -0.25) is 14.3 Å². The van der Waals surface area contributed by atoms with Gasteiger partial charge in [0.25, 0.3) is 5.56 Å². The molecule has 1 aromatic carbocycles. The van der Waals surface area contributed by atoms with Crippen LogP contribution in [-0.4, -0.2) is 14.7 Å². The van der Waals surface area contributed by atoms with Crippen LogP contribution in [0.2, 0.25) is 0 Å². The summed E-state index contributed by atoms with van der Waals surface area (Å²) in [4.78, 5) is 29.6. The summed E-state index contributed by atoms with van der Waals surface area (Å²) in [7, 11) is 0. The molecule has 1 aliphatic rings. The predicted octanol–water partition coefficient (Wildman–Crippen LogP) is 2.99. The molecular formula is C23H29N5O3. The average molecular weight is 424 g/mol. The van der Waals surface area contributed by atoms with Gasteiger partial charge in [-0.25, -0.2) is 4.79 Å². The van der Waals surface area contributed by atoms with E-state index < -0.39 is 11.2 Å². The van der Waals surface area contributed by atoms with Crippen molar-refractivity contribution in [2.45, 2.75) is 65.1 Å². The number of nitrogen functional groups attached to an aromatic ring is 1. The summed E-state index contributed by atoms with van der Waals surface area (Å²) in [5.74, 6) is 1.13. The molecule has 2 aromatic heterocycles. The van der Waals surface area contributed by atoms with Crippen LogP contribution in [0, 0.1) is 0 Å². The molecule has 4 rings (SSSR count). The Hall–Kier alpha value is -3.29.